The molecule has 0 saturated carbocycles. The van der Waals surface area contributed by atoms with Crippen LogP contribution in [-0.2, 0) is 9.47 Å². The zero-order chi connectivity index (χ0) is 16.5. The van der Waals surface area contributed by atoms with Gasteiger partial charge >= 0.3 is 12.2 Å². The highest BCUT2D eigenvalue weighted by Gasteiger charge is 2.21. The van der Waals surface area contributed by atoms with Gasteiger partial charge in [-0.3, -0.25) is 0 Å². The van der Waals surface area contributed by atoms with E-state index in [1.54, 1.807) is 0 Å². The quantitative estimate of drug-likeness (QED) is 0.644. The second-order valence-electron chi connectivity index (χ2n) is 3.84. The van der Waals surface area contributed by atoms with Gasteiger partial charge in [0.15, 0.2) is 11.6 Å². The molecule has 0 heterocycles. The molecule has 8 heteroatoms. The zero-order valence-electron chi connectivity index (χ0n) is 11.6. The maximum Gasteiger partial charge on any atom is 0.433 e. The van der Waals surface area contributed by atoms with Crippen LogP contribution in [0.15, 0.2) is 43.5 Å². The van der Waals surface area contributed by atoms with E-state index in [1.165, 1.54) is 18.2 Å². The van der Waals surface area contributed by atoms with Crippen molar-refractivity contribution in [3.8, 4) is 5.75 Å². The van der Waals surface area contributed by atoms with Gasteiger partial charge in [0.05, 0.1) is 5.69 Å². The number of rotatable bonds is 5. The summed E-state index contributed by atoms with van der Waals surface area (Å²) >= 11 is 0. The molecule has 0 radical (unpaired) electrons. The summed E-state index contributed by atoms with van der Waals surface area (Å²) in [6.45, 7) is 6.56. The first-order valence-corrected chi connectivity index (χ1v) is 6.10. The minimum absolute atomic E-state index is 0.0695. The number of halogens is 1. The number of hydrazine groups is 1. The Hall–Kier alpha value is -3.03. The number of phenols is 1. The lowest BCUT2D eigenvalue weighted by atomic mass is 10.3. The Bertz CT molecular complexity index is 576. The highest BCUT2D eigenvalue weighted by atomic mass is 19.1. The van der Waals surface area contributed by atoms with Crippen LogP contribution in [0.25, 0.3) is 0 Å². The lowest BCUT2D eigenvalue weighted by molar-refractivity contribution is 0.145. The van der Waals surface area contributed by atoms with Crippen LogP contribution < -0.4 is 10.4 Å². The fourth-order valence-electron chi connectivity index (χ4n) is 1.30. The molecule has 7 nitrogen and oxygen atoms in total. The molecule has 118 valence electrons. The summed E-state index contributed by atoms with van der Waals surface area (Å²) in [4.78, 5) is 23.4. The molecule has 22 heavy (non-hydrogen) atoms. The summed E-state index contributed by atoms with van der Waals surface area (Å²) in [5.74, 6) is -1.57. The van der Waals surface area contributed by atoms with Gasteiger partial charge in [-0.15, -0.1) is 0 Å². The fraction of sp³-hybridized carbons (Fsp3) is 0.143. The Labute approximate surface area is 126 Å². The largest absolute Gasteiger partial charge is 0.505 e. The average molecular weight is 310 g/mol. The van der Waals surface area contributed by atoms with E-state index in [4.69, 9.17) is 9.84 Å². The predicted octanol–water partition coefficient (Wildman–Crippen LogP) is 2.49. The second-order valence-corrected chi connectivity index (χ2v) is 3.84. The van der Waals surface area contributed by atoms with Crippen molar-refractivity contribution >= 4 is 17.9 Å². The third-order valence-corrected chi connectivity index (χ3v) is 2.23. The van der Waals surface area contributed by atoms with E-state index >= 15 is 0 Å². The molecule has 1 aromatic rings. The molecule has 0 saturated heterocycles. The number of amides is 2. The minimum atomic E-state index is -0.986. The third-order valence-electron chi connectivity index (χ3n) is 2.23. The van der Waals surface area contributed by atoms with Crippen molar-refractivity contribution in [2.75, 3.05) is 18.2 Å². The number of phenolic OH excluding ortho intramolecular Hbond substituents is 1. The topological polar surface area (TPSA) is 88.1 Å². The van der Waals surface area contributed by atoms with Crippen LogP contribution in [0.5, 0.6) is 5.75 Å². The van der Waals surface area contributed by atoms with Gasteiger partial charge < -0.3 is 14.6 Å². The molecule has 2 N–H and O–H groups in total. The first-order valence-electron chi connectivity index (χ1n) is 6.10. The number of anilines is 1. The zero-order valence-corrected chi connectivity index (χ0v) is 11.6. The number of nitrogens with zero attached hydrogens (tertiary/aromatic N) is 1. The molecule has 0 fully saturated rings. The van der Waals surface area contributed by atoms with E-state index in [9.17, 15) is 14.0 Å². The molecule has 0 aliphatic carbocycles. The Morgan fingerprint density at radius 2 is 1.91 bits per heavy atom. The highest BCUT2D eigenvalue weighted by Crippen LogP contribution is 2.22. The number of hydrogen-bond acceptors (Lipinski definition) is 5. The first kappa shape index (κ1) is 17.0. The van der Waals surface area contributed by atoms with E-state index < -0.39 is 23.8 Å². The van der Waals surface area contributed by atoms with Gasteiger partial charge in [-0.25, -0.2) is 19.4 Å². The lowest BCUT2D eigenvalue weighted by Gasteiger charge is -2.22. The Morgan fingerprint density at radius 3 is 2.50 bits per heavy atom. The minimum Gasteiger partial charge on any atom is -0.505 e. The lowest BCUT2D eigenvalue weighted by Crippen LogP contribution is -2.47. The molecule has 0 aliphatic heterocycles. The highest BCUT2D eigenvalue weighted by molar-refractivity contribution is 5.90. The molecule has 0 spiro atoms. The first-order chi connectivity index (χ1) is 10.5. The number of ether oxygens (including phenoxy) is 2. The normalized spacial score (nSPS) is 9.50. The van der Waals surface area contributed by atoms with E-state index in [-0.39, 0.29) is 18.9 Å². The number of benzene rings is 1. The maximum absolute atomic E-state index is 13.4. The van der Waals surface area contributed by atoms with Gasteiger partial charge in [0.2, 0.25) is 0 Å². The SMILES string of the molecule is C=CCOC(=O)NN(C(=O)OCC=C)c1ccc(O)c(F)c1. The van der Waals surface area contributed by atoms with Gasteiger partial charge in [-0.1, -0.05) is 25.3 Å². The molecular formula is C14H15FN2O5. The van der Waals surface area contributed by atoms with Crippen LogP contribution in [0, 0.1) is 5.82 Å². The summed E-state index contributed by atoms with van der Waals surface area (Å²) in [5, 5.41) is 9.79. The van der Waals surface area contributed by atoms with Crippen LogP contribution in [-0.4, -0.2) is 30.5 Å². The Morgan fingerprint density at radius 1 is 1.27 bits per heavy atom. The van der Waals surface area contributed by atoms with Crippen molar-refractivity contribution in [2.24, 2.45) is 0 Å². The molecule has 0 aromatic heterocycles. The summed E-state index contributed by atoms with van der Waals surface area (Å²) in [6, 6.07) is 3.08. The van der Waals surface area contributed by atoms with E-state index in [2.05, 4.69) is 23.3 Å². The van der Waals surface area contributed by atoms with Crippen LogP contribution in [0.1, 0.15) is 0 Å². The molecule has 2 amide bonds. The van der Waals surface area contributed by atoms with Gasteiger partial charge in [0.1, 0.15) is 13.2 Å². The molecule has 0 atom stereocenters. The maximum atomic E-state index is 13.4. The summed E-state index contributed by atoms with van der Waals surface area (Å²) in [5.41, 5.74) is 2.02. The Kier molecular flexibility index (Phi) is 6.42. The van der Waals surface area contributed by atoms with Crippen molar-refractivity contribution in [2.45, 2.75) is 0 Å². The second kappa shape index (κ2) is 8.30. The standard InChI is InChI=1S/C14H15FN2O5/c1-3-7-21-13(19)16-17(14(20)22-8-4-2)10-5-6-12(18)11(15)9-10/h3-6,9,18H,1-2,7-8H2,(H,16,19). The summed E-state index contributed by atoms with van der Waals surface area (Å²) in [6.07, 6.45) is 0.702. The fourth-order valence-corrected chi connectivity index (χ4v) is 1.30. The summed E-state index contributed by atoms with van der Waals surface area (Å²) in [7, 11) is 0. The monoisotopic (exact) mass is 310 g/mol. The van der Waals surface area contributed by atoms with Gasteiger partial charge in [0, 0.05) is 6.07 Å². The van der Waals surface area contributed by atoms with E-state index in [0.29, 0.717) is 5.01 Å². The number of carbonyl (C=O) groups is 2. The van der Waals surface area contributed by atoms with Gasteiger partial charge in [-0.2, -0.15) is 5.01 Å². The predicted molar refractivity (Wildman–Crippen MR) is 76.8 cm³/mol. The van der Waals surface area contributed by atoms with Crippen molar-refractivity contribution in [3.05, 3.63) is 49.3 Å². The van der Waals surface area contributed by atoms with Crippen LogP contribution in [0.4, 0.5) is 19.7 Å². The van der Waals surface area contributed by atoms with Crippen molar-refractivity contribution in [1.29, 1.82) is 0 Å². The number of hydrogen-bond donors (Lipinski definition) is 2. The van der Waals surface area contributed by atoms with Crippen LogP contribution in [0.2, 0.25) is 0 Å². The van der Waals surface area contributed by atoms with Crippen molar-refractivity contribution in [1.82, 2.24) is 5.43 Å². The van der Waals surface area contributed by atoms with Crippen molar-refractivity contribution < 1.29 is 28.6 Å². The molecule has 1 rings (SSSR count). The molecule has 0 unspecified atom stereocenters. The number of aromatic hydroxyl groups is 1. The van der Waals surface area contributed by atoms with Crippen LogP contribution in [0.3, 0.4) is 0 Å². The average Bonchev–Trinajstić information content (AvgIpc) is 2.51. The molecular weight excluding hydrogens is 295 g/mol. The molecule has 1 aromatic carbocycles. The third kappa shape index (κ3) is 4.82. The smallest absolute Gasteiger partial charge is 0.433 e. The van der Waals surface area contributed by atoms with Gasteiger partial charge in [0.25, 0.3) is 0 Å². The number of carbonyl (C=O) groups excluding carboxylic acids is 2. The van der Waals surface area contributed by atoms with E-state index in [1.807, 2.05) is 0 Å². The van der Waals surface area contributed by atoms with E-state index in [0.717, 1.165) is 12.1 Å². The summed E-state index contributed by atoms with van der Waals surface area (Å²) < 4.78 is 22.8. The van der Waals surface area contributed by atoms with Crippen molar-refractivity contribution in [3.63, 3.8) is 0 Å². The number of nitrogens with one attached hydrogen (secondary N) is 1. The molecule has 0 aliphatic rings. The van der Waals surface area contributed by atoms with Crippen LogP contribution >= 0.6 is 0 Å². The van der Waals surface area contributed by atoms with Gasteiger partial charge in [-0.05, 0) is 12.1 Å². The molecule has 0 bridgehead atoms. The Balaban J connectivity index is 2.96.